The monoisotopic (exact) mass is 480 g/mol. The van der Waals surface area contributed by atoms with Gasteiger partial charge in [0.05, 0.1) is 5.92 Å². The van der Waals surface area contributed by atoms with Crippen LogP contribution < -0.4 is 5.32 Å². The standard InChI is InChI=1S/C24H24N4O3S2/c1-17-11-12-20-25-22(18-7-3-2-4-8-18)23(28(20)15-17)26-24(29)19-9-5-13-27(16-19)33(30,31)21-10-6-14-32-21/h2-4,6-8,10-12,14-15,19H,5,9,13,16H2,1H3,(H,26,29)/t19-/m0/s1. The molecular formula is C24H24N4O3S2. The van der Waals surface area contributed by atoms with Crippen molar-refractivity contribution in [2.75, 3.05) is 18.4 Å². The van der Waals surface area contributed by atoms with Crippen molar-refractivity contribution in [2.24, 2.45) is 5.92 Å². The smallest absolute Gasteiger partial charge is 0.252 e. The van der Waals surface area contributed by atoms with E-state index in [1.54, 1.807) is 17.5 Å². The highest BCUT2D eigenvalue weighted by Gasteiger charge is 2.34. The van der Waals surface area contributed by atoms with E-state index in [0.29, 0.717) is 35.1 Å². The highest BCUT2D eigenvalue weighted by molar-refractivity contribution is 7.91. The molecule has 33 heavy (non-hydrogen) atoms. The number of anilines is 1. The minimum atomic E-state index is -3.58. The molecule has 1 atom stereocenters. The summed E-state index contributed by atoms with van der Waals surface area (Å²) < 4.78 is 29.6. The molecule has 0 spiro atoms. The second-order valence-electron chi connectivity index (χ2n) is 8.23. The molecule has 4 aromatic rings. The summed E-state index contributed by atoms with van der Waals surface area (Å²) in [7, 11) is -3.58. The quantitative estimate of drug-likeness (QED) is 0.459. The van der Waals surface area contributed by atoms with Crippen LogP contribution in [0.4, 0.5) is 5.82 Å². The number of aromatic nitrogens is 2. The first-order valence-corrected chi connectivity index (χ1v) is 13.1. The lowest BCUT2D eigenvalue weighted by molar-refractivity contribution is -0.120. The Labute approximate surface area is 196 Å². The van der Waals surface area contributed by atoms with Gasteiger partial charge in [-0.3, -0.25) is 9.20 Å². The molecule has 1 aromatic carbocycles. The fourth-order valence-corrected chi connectivity index (χ4v) is 6.87. The first-order valence-electron chi connectivity index (χ1n) is 10.8. The molecule has 1 fully saturated rings. The summed E-state index contributed by atoms with van der Waals surface area (Å²) >= 11 is 1.20. The fourth-order valence-electron chi connectivity index (χ4n) is 4.20. The molecule has 7 nitrogen and oxygen atoms in total. The summed E-state index contributed by atoms with van der Waals surface area (Å²) in [6, 6.07) is 17.0. The molecule has 0 radical (unpaired) electrons. The van der Waals surface area contributed by atoms with Crippen LogP contribution in [-0.4, -0.2) is 41.1 Å². The van der Waals surface area contributed by atoms with Crippen LogP contribution in [0.1, 0.15) is 18.4 Å². The molecule has 1 amide bonds. The van der Waals surface area contributed by atoms with Crippen LogP contribution in [0.3, 0.4) is 0 Å². The third kappa shape index (κ3) is 4.19. The van der Waals surface area contributed by atoms with Gasteiger partial charge in [-0.15, -0.1) is 11.3 Å². The van der Waals surface area contributed by atoms with E-state index in [1.165, 1.54) is 15.6 Å². The number of amides is 1. The van der Waals surface area contributed by atoms with E-state index in [4.69, 9.17) is 4.98 Å². The Morgan fingerprint density at radius 3 is 2.70 bits per heavy atom. The summed E-state index contributed by atoms with van der Waals surface area (Å²) in [6.45, 7) is 2.58. The number of rotatable bonds is 5. The molecule has 0 saturated carbocycles. The van der Waals surface area contributed by atoms with Gasteiger partial charge in [-0.1, -0.05) is 42.5 Å². The van der Waals surface area contributed by atoms with Gasteiger partial charge in [0.1, 0.15) is 21.4 Å². The minimum absolute atomic E-state index is 0.169. The summed E-state index contributed by atoms with van der Waals surface area (Å²) in [5.74, 6) is -0.0304. The second-order valence-corrected chi connectivity index (χ2v) is 11.3. The van der Waals surface area contributed by atoms with Crippen LogP contribution in [0.15, 0.2) is 70.4 Å². The van der Waals surface area contributed by atoms with Gasteiger partial charge < -0.3 is 5.32 Å². The van der Waals surface area contributed by atoms with Gasteiger partial charge in [0.25, 0.3) is 10.0 Å². The molecule has 1 saturated heterocycles. The fraction of sp³-hybridized carbons (Fsp3) is 0.250. The number of nitrogens with one attached hydrogen (secondary N) is 1. The Morgan fingerprint density at radius 2 is 1.94 bits per heavy atom. The van der Waals surface area contributed by atoms with E-state index < -0.39 is 15.9 Å². The normalized spacial score (nSPS) is 17.3. The van der Waals surface area contributed by atoms with Crippen LogP contribution >= 0.6 is 11.3 Å². The van der Waals surface area contributed by atoms with Gasteiger partial charge in [-0.2, -0.15) is 4.31 Å². The number of fused-ring (bicyclic) bond motifs is 1. The molecule has 3 aromatic heterocycles. The SMILES string of the molecule is Cc1ccc2nc(-c3ccccc3)c(NC(=O)[C@H]3CCCN(S(=O)(=O)c4cccs4)C3)n2c1. The van der Waals surface area contributed by atoms with E-state index in [-0.39, 0.29) is 12.5 Å². The number of hydrogen-bond donors (Lipinski definition) is 1. The molecule has 0 aliphatic carbocycles. The summed E-state index contributed by atoms with van der Waals surface area (Å²) in [4.78, 5) is 18.1. The van der Waals surface area contributed by atoms with E-state index in [2.05, 4.69) is 5.32 Å². The molecule has 0 unspecified atom stereocenters. The lowest BCUT2D eigenvalue weighted by Crippen LogP contribution is -2.43. The van der Waals surface area contributed by atoms with Crippen molar-refractivity contribution in [3.05, 3.63) is 71.7 Å². The van der Waals surface area contributed by atoms with Gasteiger partial charge in [0.15, 0.2) is 0 Å². The number of carbonyl (C=O) groups is 1. The van der Waals surface area contributed by atoms with Crippen LogP contribution in [0.2, 0.25) is 0 Å². The summed E-state index contributed by atoms with van der Waals surface area (Å²) in [6.07, 6.45) is 3.22. The average molecular weight is 481 g/mol. The van der Waals surface area contributed by atoms with Crippen molar-refractivity contribution >= 4 is 38.7 Å². The molecule has 1 N–H and O–H groups in total. The van der Waals surface area contributed by atoms with Crippen molar-refractivity contribution < 1.29 is 13.2 Å². The number of aryl methyl sites for hydroxylation is 1. The molecule has 1 aliphatic heterocycles. The lowest BCUT2D eigenvalue weighted by atomic mass is 9.99. The molecule has 4 heterocycles. The first-order chi connectivity index (χ1) is 15.9. The largest absolute Gasteiger partial charge is 0.310 e. The predicted molar refractivity (Wildman–Crippen MR) is 130 cm³/mol. The van der Waals surface area contributed by atoms with E-state index in [9.17, 15) is 13.2 Å². The third-order valence-electron chi connectivity index (χ3n) is 5.90. The molecule has 9 heteroatoms. The molecule has 0 bridgehead atoms. The van der Waals surface area contributed by atoms with Crippen molar-refractivity contribution in [2.45, 2.75) is 24.0 Å². The van der Waals surface area contributed by atoms with Crippen LogP contribution in [-0.2, 0) is 14.8 Å². The van der Waals surface area contributed by atoms with Crippen molar-refractivity contribution in [3.8, 4) is 11.3 Å². The number of thiophene rings is 1. The Hall–Kier alpha value is -3.01. The number of benzene rings is 1. The maximum atomic E-state index is 13.4. The predicted octanol–water partition coefficient (Wildman–Crippen LogP) is 4.41. The van der Waals surface area contributed by atoms with Crippen molar-refractivity contribution in [1.29, 1.82) is 0 Å². The number of pyridine rings is 1. The Bertz CT molecular complexity index is 1400. The maximum absolute atomic E-state index is 13.4. The third-order valence-corrected chi connectivity index (χ3v) is 9.14. The average Bonchev–Trinajstić information content (AvgIpc) is 3.49. The summed E-state index contributed by atoms with van der Waals surface area (Å²) in [5, 5.41) is 4.83. The van der Waals surface area contributed by atoms with Gasteiger partial charge in [-0.25, -0.2) is 13.4 Å². The zero-order chi connectivity index (χ0) is 23.0. The van der Waals surface area contributed by atoms with Gasteiger partial charge in [0.2, 0.25) is 5.91 Å². The number of sulfonamides is 1. The van der Waals surface area contributed by atoms with Crippen molar-refractivity contribution in [3.63, 3.8) is 0 Å². The number of piperidine rings is 1. The molecular weight excluding hydrogens is 456 g/mol. The molecule has 170 valence electrons. The van der Waals surface area contributed by atoms with E-state index >= 15 is 0 Å². The van der Waals surface area contributed by atoms with Crippen LogP contribution in [0.5, 0.6) is 0 Å². The molecule has 1 aliphatic rings. The Balaban J connectivity index is 1.45. The number of hydrogen-bond acceptors (Lipinski definition) is 5. The van der Waals surface area contributed by atoms with Crippen molar-refractivity contribution in [1.82, 2.24) is 13.7 Å². The van der Waals surface area contributed by atoms with Gasteiger partial charge in [-0.05, 0) is 42.8 Å². The minimum Gasteiger partial charge on any atom is -0.310 e. The molecule has 5 rings (SSSR count). The van der Waals surface area contributed by atoms with Crippen LogP contribution in [0.25, 0.3) is 16.9 Å². The van der Waals surface area contributed by atoms with Gasteiger partial charge >= 0.3 is 0 Å². The number of imidazole rings is 1. The van der Waals surface area contributed by atoms with Gasteiger partial charge in [0, 0.05) is 24.8 Å². The van der Waals surface area contributed by atoms with E-state index in [1.807, 2.05) is 60.0 Å². The zero-order valence-corrected chi connectivity index (χ0v) is 19.8. The number of carbonyl (C=O) groups excluding carboxylic acids is 1. The number of nitrogens with zero attached hydrogens (tertiary/aromatic N) is 3. The Morgan fingerprint density at radius 1 is 1.12 bits per heavy atom. The highest BCUT2D eigenvalue weighted by atomic mass is 32.2. The lowest BCUT2D eigenvalue weighted by Gasteiger charge is -2.30. The zero-order valence-electron chi connectivity index (χ0n) is 18.1. The highest BCUT2D eigenvalue weighted by Crippen LogP contribution is 2.31. The van der Waals surface area contributed by atoms with Crippen LogP contribution in [0, 0.1) is 12.8 Å². The first kappa shape index (κ1) is 21.8. The topological polar surface area (TPSA) is 83.8 Å². The maximum Gasteiger partial charge on any atom is 0.252 e. The summed E-state index contributed by atoms with van der Waals surface area (Å²) in [5.41, 5.74) is 3.37. The second kappa shape index (κ2) is 8.74. The Kier molecular flexibility index (Phi) is 5.77. The van der Waals surface area contributed by atoms with E-state index in [0.717, 1.165) is 16.8 Å².